The smallest absolute Gasteiger partial charge is 0.254 e. The van der Waals surface area contributed by atoms with Crippen LogP contribution >= 0.6 is 42.5 Å². The molecule has 2 unspecified atom stereocenters. The van der Waals surface area contributed by atoms with Crippen LogP contribution in [0.2, 0.25) is 0 Å². The first-order chi connectivity index (χ1) is 25.0. The number of halogens is 5. The molecule has 4 aromatic carbocycles. The molecule has 2 aliphatic rings. The Morgan fingerprint density at radius 2 is 1.15 bits per heavy atom. The number of aliphatic hydroxyl groups is 1. The number of rotatable bonds is 6. The zero-order valence-electron chi connectivity index (χ0n) is 29.3. The summed E-state index contributed by atoms with van der Waals surface area (Å²) in [6.45, 7) is 2.88. The van der Waals surface area contributed by atoms with Crippen molar-refractivity contribution in [3.8, 4) is 11.5 Å². The number of carbonyl (C=O) groups is 2. The zero-order chi connectivity index (χ0) is 39.0. The first-order valence-electron chi connectivity index (χ1n) is 16.4. The molecule has 0 aliphatic carbocycles. The standard InChI is InChI=1S/C19H19BrFNO2.C18H17BrFNO3.CH3ClO2S/c1-12-9-17(14-5-3-4-6-16(14)21)22(11-12)19(23)13-7-8-15(20)18(10-13)24-2;1-24-17-8-11(6-7-14(17)19)18(23)21-10-12(22)9-16(21)13-4-2-3-5-15(13)20;1-5(2,3)4/h3-8,10,12,17H,9,11H2,1-2H3;2-8,12,16,22H,9-10H2,1H3;1H3/t12?,17-;12?,16-;/m11./s1. The summed E-state index contributed by atoms with van der Waals surface area (Å²) in [5.74, 6) is 0.490. The number of nitrogens with zero attached hydrogens (tertiary/aromatic N) is 2. The third-order valence-corrected chi connectivity index (χ3v) is 9.95. The summed E-state index contributed by atoms with van der Waals surface area (Å²) in [5.41, 5.74) is 1.99. The van der Waals surface area contributed by atoms with E-state index in [1.54, 1.807) is 78.7 Å². The Labute approximate surface area is 329 Å². The molecule has 1 N–H and O–H groups in total. The van der Waals surface area contributed by atoms with E-state index in [1.807, 2.05) is 6.07 Å². The second-order valence-corrected chi connectivity index (χ2v) is 17.4. The summed E-state index contributed by atoms with van der Waals surface area (Å²) in [4.78, 5) is 29.2. The minimum absolute atomic E-state index is 0.0987. The highest BCUT2D eigenvalue weighted by Crippen LogP contribution is 2.39. The molecule has 4 atom stereocenters. The lowest BCUT2D eigenvalue weighted by Crippen LogP contribution is -2.32. The number of amides is 2. The molecule has 0 bridgehead atoms. The average molecular weight is 901 g/mol. The topological polar surface area (TPSA) is 113 Å². The Bertz CT molecular complexity index is 1900. The van der Waals surface area contributed by atoms with Crippen molar-refractivity contribution in [3.63, 3.8) is 0 Å². The largest absolute Gasteiger partial charge is 0.496 e. The van der Waals surface area contributed by atoms with Crippen molar-refractivity contribution in [2.24, 2.45) is 5.92 Å². The normalized spacial score (nSPS) is 19.4. The number of carbonyl (C=O) groups excluding carboxylic acids is 2. The average Bonchev–Trinajstić information content (AvgIpc) is 3.70. The Balaban J connectivity index is 0.000000210. The maximum atomic E-state index is 14.2. The Morgan fingerprint density at radius 3 is 1.57 bits per heavy atom. The number of hydrogen-bond acceptors (Lipinski definition) is 7. The fraction of sp³-hybridized carbons (Fsp3) is 0.316. The molecule has 4 aromatic rings. The maximum absolute atomic E-state index is 14.2. The molecule has 53 heavy (non-hydrogen) atoms. The minimum Gasteiger partial charge on any atom is -0.496 e. The van der Waals surface area contributed by atoms with Gasteiger partial charge in [0.2, 0.25) is 9.05 Å². The van der Waals surface area contributed by atoms with Crippen LogP contribution < -0.4 is 9.47 Å². The molecule has 9 nitrogen and oxygen atoms in total. The van der Waals surface area contributed by atoms with Crippen LogP contribution in [0.25, 0.3) is 0 Å². The van der Waals surface area contributed by atoms with E-state index in [1.165, 1.54) is 24.1 Å². The third kappa shape index (κ3) is 11.2. The highest BCUT2D eigenvalue weighted by molar-refractivity contribution is 9.10. The summed E-state index contributed by atoms with van der Waals surface area (Å²) in [5, 5.41) is 10.0. The van der Waals surface area contributed by atoms with Gasteiger partial charge < -0.3 is 24.4 Å². The number of aliphatic hydroxyl groups excluding tert-OH is 1. The fourth-order valence-electron chi connectivity index (χ4n) is 6.31. The van der Waals surface area contributed by atoms with Crippen LogP contribution in [0.1, 0.15) is 63.7 Å². The van der Waals surface area contributed by atoms with Crippen molar-refractivity contribution >= 4 is 63.4 Å². The Morgan fingerprint density at radius 1 is 0.755 bits per heavy atom. The molecule has 0 saturated carbocycles. The molecule has 6 rings (SSSR count). The van der Waals surface area contributed by atoms with E-state index in [2.05, 4.69) is 49.5 Å². The van der Waals surface area contributed by atoms with Crippen molar-refractivity contribution in [1.29, 1.82) is 0 Å². The predicted octanol–water partition coefficient (Wildman–Crippen LogP) is 8.55. The van der Waals surface area contributed by atoms with Crippen LogP contribution in [0, 0.1) is 17.6 Å². The summed E-state index contributed by atoms with van der Waals surface area (Å²) in [6.07, 6.45) is 1.34. The molecule has 15 heteroatoms. The van der Waals surface area contributed by atoms with Gasteiger partial charge in [-0.05, 0) is 99.2 Å². The molecular weight excluding hydrogens is 862 g/mol. The van der Waals surface area contributed by atoms with Gasteiger partial charge in [0.1, 0.15) is 23.1 Å². The zero-order valence-corrected chi connectivity index (χ0v) is 34.1. The first kappa shape index (κ1) is 42.2. The van der Waals surface area contributed by atoms with Crippen molar-refractivity contribution in [2.45, 2.75) is 38.0 Å². The number of ether oxygens (including phenoxy) is 2. The van der Waals surface area contributed by atoms with Gasteiger partial charge in [-0.25, -0.2) is 17.2 Å². The van der Waals surface area contributed by atoms with Crippen LogP contribution in [0.15, 0.2) is 93.9 Å². The Kier molecular flexibility index (Phi) is 14.9. The minimum atomic E-state index is -3.19. The molecule has 0 radical (unpaired) electrons. The molecule has 0 spiro atoms. The van der Waals surface area contributed by atoms with Crippen molar-refractivity contribution in [1.82, 2.24) is 9.80 Å². The van der Waals surface area contributed by atoms with Crippen molar-refractivity contribution in [3.05, 3.63) is 128 Å². The van der Waals surface area contributed by atoms with Gasteiger partial charge in [-0.1, -0.05) is 43.3 Å². The second kappa shape index (κ2) is 18.7. The fourth-order valence-corrected chi connectivity index (χ4v) is 7.12. The van der Waals surface area contributed by atoms with E-state index in [-0.39, 0.29) is 36.0 Å². The molecule has 284 valence electrons. The van der Waals surface area contributed by atoms with Gasteiger partial charge in [-0.15, -0.1) is 0 Å². The van der Waals surface area contributed by atoms with Crippen LogP contribution in [0.4, 0.5) is 8.78 Å². The Hall–Kier alpha value is -3.56. The van der Waals surface area contributed by atoms with Gasteiger partial charge in [0.15, 0.2) is 0 Å². The first-order valence-corrected chi connectivity index (χ1v) is 20.7. The van der Waals surface area contributed by atoms with Crippen molar-refractivity contribution in [2.75, 3.05) is 33.6 Å². The molecule has 2 aliphatic heterocycles. The summed E-state index contributed by atoms with van der Waals surface area (Å²) < 4.78 is 59.2. The van der Waals surface area contributed by atoms with Crippen LogP contribution in [-0.2, 0) is 9.05 Å². The maximum Gasteiger partial charge on any atom is 0.254 e. The van der Waals surface area contributed by atoms with Gasteiger partial charge >= 0.3 is 0 Å². The highest BCUT2D eigenvalue weighted by Gasteiger charge is 2.38. The second-order valence-electron chi connectivity index (χ2n) is 12.6. The van der Waals surface area contributed by atoms with Crippen LogP contribution in [-0.4, -0.2) is 74.8 Å². The third-order valence-electron chi connectivity index (χ3n) is 8.64. The molecule has 2 amide bonds. The highest BCUT2D eigenvalue weighted by atomic mass is 79.9. The SMILES string of the molecule is COc1cc(C(=O)N2CC(C)C[C@@H]2c2ccccc2F)ccc1Br.COc1cc(C(=O)N2CC(O)C[C@@H]2c2ccccc2F)ccc1Br.CS(=O)(=O)Cl. The monoisotopic (exact) mass is 898 g/mol. The van der Waals surface area contributed by atoms with Gasteiger partial charge in [0.25, 0.3) is 11.8 Å². The molecule has 2 heterocycles. The molecule has 2 saturated heterocycles. The van der Waals surface area contributed by atoms with Gasteiger partial charge in [0, 0.05) is 46.0 Å². The van der Waals surface area contributed by atoms with E-state index in [0.717, 1.165) is 21.6 Å². The molecule has 0 aromatic heterocycles. The molecule has 2 fully saturated rings. The van der Waals surface area contributed by atoms with E-state index in [4.69, 9.17) is 9.47 Å². The van der Waals surface area contributed by atoms with E-state index in [0.29, 0.717) is 52.6 Å². The van der Waals surface area contributed by atoms with Crippen molar-refractivity contribution < 1.29 is 41.4 Å². The number of methoxy groups -OCH3 is 2. The van der Waals surface area contributed by atoms with E-state index < -0.39 is 21.2 Å². The number of hydrogen-bond donors (Lipinski definition) is 1. The van der Waals surface area contributed by atoms with E-state index >= 15 is 0 Å². The van der Waals surface area contributed by atoms with Crippen LogP contribution in [0.5, 0.6) is 11.5 Å². The lowest BCUT2D eigenvalue weighted by atomic mass is 10.00. The quantitative estimate of drug-likeness (QED) is 0.193. The van der Waals surface area contributed by atoms with Gasteiger partial charge in [-0.2, -0.15) is 0 Å². The lowest BCUT2D eigenvalue weighted by molar-refractivity contribution is 0.0711. The summed E-state index contributed by atoms with van der Waals surface area (Å²) >= 11 is 6.74. The summed E-state index contributed by atoms with van der Waals surface area (Å²) in [6, 6.07) is 22.7. The molecular formula is C38H39Br2ClF2N2O7S. The van der Waals surface area contributed by atoms with Gasteiger partial charge in [0.05, 0.1) is 47.6 Å². The van der Waals surface area contributed by atoms with E-state index in [9.17, 15) is 31.9 Å². The number of benzene rings is 4. The van der Waals surface area contributed by atoms with Crippen LogP contribution in [0.3, 0.4) is 0 Å². The summed E-state index contributed by atoms with van der Waals surface area (Å²) in [7, 11) is 4.40. The lowest BCUT2D eigenvalue weighted by Gasteiger charge is -2.25. The number of likely N-dealkylation sites (tertiary alicyclic amines) is 2. The predicted molar refractivity (Wildman–Crippen MR) is 207 cm³/mol. The number of β-amino-alcohol motifs (C(OH)–C–C–N with tert-alkyl or cyclic N) is 1. The van der Waals surface area contributed by atoms with Gasteiger partial charge in [-0.3, -0.25) is 9.59 Å².